The molecule has 3 aromatic heterocycles. The highest BCUT2D eigenvalue weighted by Crippen LogP contribution is 2.36. The van der Waals surface area contributed by atoms with Gasteiger partial charge in [0.1, 0.15) is 12.1 Å². The first-order valence-electron chi connectivity index (χ1n) is 8.21. The molecule has 27 heavy (non-hydrogen) atoms. The van der Waals surface area contributed by atoms with Crippen molar-refractivity contribution in [3.63, 3.8) is 0 Å². The van der Waals surface area contributed by atoms with Gasteiger partial charge in [0.15, 0.2) is 0 Å². The summed E-state index contributed by atoms with van der Waals surface area (Å²) in [6.45, 7) is 1.94. The average Bonchev–Trinajstić information content (AvgIpc) is 3.12. The van der Waals surface area contributed by atoms with Crippen LogP contribution in [0.4, 0.5) is 0 Å². The molecule has 0 bridgehead atoms. The van der Waals surface area contributed by atoms with Crippen LogP contribution in [0.5, 0.6) is 0 Å². The van der Waals surface area contributed by atoms with Crippen LogP contribution in [0.2, 0.25) is 0 Å². The Labute approximate surface area is 160 Å². The SMILES string of the molecule is Cc1ccc(-c2cc(Sc3ccccc3C#N)c3c(C#N)cnn3c2)cn1. The molecule has 0 N–H and O–H groups in total. The Hall–Kier alpha value is -3.61. The highest BCUT2D eigenvalue weighted by Gasteiger charge is 2.14. The molecule has 4 rings (SSSR count). The van der Waals surface area contributed by atoms with Crippen LogP contribution < -0.4 is 0 Å². The topological polar surface area (TPSA) is 77.8 Å². The van der Waals surface area contributed by atoms with Gasteiger partial charge < -0.3 is 0 Å². The van der Waals surface area contributed by atoms with Gasteiger partial charge in [-0.05, 0) is 31.2 Å². The molecule has 0 atom stereocenters. The van der Waals surface area contributed by atoms with E-state index in [-0.39, 0.29) is 0 Å². The largest absolute Gasteiger partial charge is 0.261 e. The van der Waals surface area contributed by atoms with E-state index in [2.05, 4.69) is 22.2 Å². The van der Waals surface area contributed by atoms with Gasteiger partial charge in [0.2, 0.25) is 0 Å². The third kappa shape index (κ3) is 3.15. The van der Waals surface area contributed by atoms with E-state index >= 15 is 0 Å². The number of rotatable bonds is 3. The second-order valence-electron chi connectivity index (χ2n) is 5.95. The second kappa shape index (κ2) is 6.95. The maximum absolute atomic E-state index is 9.46. The van der Waals surface area contributed by atoms with Crippen molar-refractivity contribution in [1.29, 1.82) is 10.5 Å². The molecule has 0 saturated heterocycles. The van der Waals surface area contributed by atoms with Crippen LogP contribution in [0.15, 0.2) is 70.8 Å². The predicted molar refractivity (Wildman–Crippen MR) is 103 cm³/mol. The Morgan fingerprint density at radius 1 is 0.926 bits per heavy atom. The Kier molecular flexibility index (Phi) is 4.33. The molecule has 0 unspecified atom stereocenters. The molecule has 6 heteroatoms. The normalized spacial score (nSPS) is 10.5. The van der Waals surface area contributed by atoms with Gasteiger partial charge in [-0.15, -0.1) is 0 Å². The molecule has 0 aliphatic rings. The maximum atomic E-state index is 9.46. The minimum atomic E-state index is 0.500. The van der Waals surface area contributed by atoms with Gasteiger partial charge in [-0.2, -0.15) is 15.6 Å². The van der Waals surface area contributed by atoms with Gasteiger partial charge in [0.05, 0.1) is 22.8 Å². The molecule has 1 aromatic carbocycles. The van der Waals surface area contributed by atoms with Gasteiger partial charge in [-0.1, -0.05) is 30.0 Å². The lowest BCUT2D eigenvalue weighted by molar-refractivity contribution is 0.951. The van der Waals surface area contributed by atoms with Gasteiger partial charge in [-0.3, -0.25) is 4.98 Å². The summed E-state index contributed by atoms with van der Waals surface area (Å²) in [5.74, 6) is 0. The standard InChI is InChI=1S/C21H13N5S/c1-14-6-7-16(11-24-14)17-8-20(21-18(10-23)12-25-26(21)13-17)27-19-5-3-2-4-15(19)9-22/h2-8,11-13H,1H3. The van der Waals surface area contributed by atoms with Crippen molar-refractivity contribution < 1.29 is 0 Å². The number of hydrogen-bond donors (Lipinski definition) is 0. The molecular weight excluding hydrogens is 354 g/mol. The van der Waals surface area contributed by atoms with Crippen LogP contribution in [0.1, 0.15) is 16.8 Å². The lowest BCUT2D eigenvalue weighted by Gasteiger charge is -2.10. The first-order chi connectivity index (χ1) is 13.2. The zero-order valence-corrected chi connectivity index (χ0v) is 15.2. The first kappa shape index (κ1) is 16.8. The highest BCUT2D eigenvalue weighted by atomic mass is 32.2. The highest BCUT2D eigenvalue weighted by molar-refractivity contribution is 7.99. The number of aryl methyl sites for hydroxylation is 1. The number of nitrogens with zero attached hydrogens (tertiary/aromatic N) is 5. The quantitative estimate of drug-likeness (QED) is 0.529. The summed E-state index contributed by atoms with van der Waals surface area (Å²) in [7, 11) is 0. The molecule has 0 spiro atoms. The summed E-state index contributed by atoms with van der Waals surface area (Å²) in [6, 6.07) is 17.8. The number of hydrogen-bond acceptors (Lipinski definition) is 5. The Morgan fingerprint density at radius 2 is 1.74 bits per heavy atom. The third-order valence-electron chi connectivity index (χ3n) is 4.17. The average molecular weight is 367 g/mol. The van der Waals surface area contributed by atoms with Gasteiger partial charge in [0.25, 0.3) is 0 Å². The summed E-state index contributed by atoms with van der Waals surface area (Å²) < 4.78 is 1.71. The van der Waals surface area contributed by atoms with Crippen molar-refractivity contribution in [2.45, 2.75) is 16.7 Å². The van der Waals surface area contributed by atoms with E-state index in [1.54, 1.807) is 16.8 Å². The van der Waals surface area contributed by atoms with Crippen molar-refractivity contribution in [1.82, 2.24) is 14.6 Å². The first-order valence-corrected chi connectivity index (χ1v) is 9.03. The number of benzene rings is 1. The summed E-state index contributed by atoms with van der Waals surface area (Å²) in [4.78, 5) is 6.07. The molecule has 0 amide bonds. The zero-order chi connectivity index (χ0) is 18.8. The maximum Gasteiger partial charge on any atom is 0.103 e. The fraction of sp³-hybridized carbons (Fsp3) is 0.0476. The van der Waals surface area contributed by atoms with Crippen LogP contribution in [0.3, 0.4) is 0 Å². The summed E-state index contributed by atoms with van der Waals surface area (Å²) in [5.41, 5.74) is 4.69. The molecule has 0 saturated carbocycles. The summed E-state index contributed by atoms with van der Waals surface area (Å²) in [6.07, 6.45) is 5.28. The molecule has 5 nitrogen and oxygen atoms in total. The van der Waals surface area contributed by atoms with Crippen molar-refractivity contribution in [2.75, 3.05) is 0 Å². The molecule has 0 radical (unpaired) electrons. The fourth-order valence-electron chi connectivity index (χ4n) is 2.81. The number of fused-ring (bicyclic) bond motifs is 1. The molecule has 128 valence electrons. The summed E-state index contributed by atoms with van der Waals surface area (Å²) >= 11 is 1.46. The van der Waals surface area contributed by atoms with Gasteiger partial charge in [0, 0.05) is 39.0 Å². The molecular formula is C21H13N5S. The monoisotopic (exact) mass is 367 g/mol. The number of pyridine rings is 2. The smallest absolute Gasteiger partial charge is 0.103 e. The molecule has 3 heterocycles. The minimum absolute atomic E-state index is 0.500. The van der Waals surface area contributed by atoms with Crippen molar-refractivity contribution in [2.24, 2.45) is 0 Å². The zero-order valence-electron chi connectivity index (χ0n) is 14.4. The van der Waals surface area contributed by atoms with Gasteiger partial charge in [-0.25, -0.2) is 4.52 Å². The molecule has 0 aliphatic heterocycles. The van der Waals surface area contributed by atoms with Crippen molar-refractivity contribution in [3.8, 4) is 23.3 Å². The van der Waals surface area contributed by atoms with Crippen molar-refractivity contribution >= 4 is 17.3 Å². The molecule has 4 aromatic rings. The van der Waals surface area contributed by atoms with Crippen LogP contribution in [-0.2, 0) is 0 Å². The fourth-order valence-corrected chi connectivity index (χ4v) is 3.90. The van der Waals surface area contributed by atoms with E-state index in [1.807, 2.05) is 55.7 Å². The van der Waals surface area contributed by atoms with E-state index in [0.29, 0.717) is 11.1 Å². The van der Waals surface area contributed by atoms with E-state index in [4.69, 9.17) is 0 Å². The van der Waals surface area contributed by atoms with Crippen LogP contribution in [0, 0.1) is 29.6 Å². The van der Waals surface area contributed by atoms with E-state index < -0.39 is 0 Å². The van der Waals surface area contributed by atoms with Crippen LogP contribution in [-0.4, -0.2) is 14.6 Å². The van der Waals surface area contributed by atoms with E-state index in [1.165, 1.54) is 11.8 Å². The predicted octanol–water partition coefficient (Wildman–Crippen LogP) is 4.60. The number of aromatic nitrogens is 3. The second-order valence-corrected chi connectivity index (χ2v) is 7.04. The van der Waals surface area contributed by atoms with Crippen molar-refractivity contribution in [3.05, 3.63) is 77.9 Å². The Morgan fingerprint density at radius 3 is 2.48 bits per heavy atom. The van der Waals surface area contributed by atoms with Crippen LogP contribution in [0.25, 0.3) is 16.6 Å². The van der Waals surface area contributed by atoms with Crippen LogP contribution >= 0.6 is 11.8 Å². The molecule has 0 fully saturated rings. The number of nitriles is 2. The lowest BCUT2D eigenvalue weighted by atomic mass is 10.1. The minimum Gasteiger partial charge on any atom is -0.261 e. The Bertz CT molecular complexity index is 1230. The van der Waals surface area contributed by atoms with E-state index in [9.17, 15) is 10.5 Å². The van der Waals surface area contributed by atoms with Gasteiger partial charge >= 0.3 is 0 Å². The lowest BCUT2D eigenvalue weighted by Crippen LogP contribution is -1.93. The third-order valence-corrected chi connectivity index (χ3v) is 5.28. The van der Waals surface area contributed by atoms with E-state index in [0.717, 1.165) is 32.1 Å². The Balaban J connectivity index is 1.91. The summed E-state index contributed by atoms with van der Waals surface area (Å²) in [5, 5.41) is 23.2. The molecule has 0 aliphatic carbocycles.